The number of ether oxygens (including phenoxy) is 2. The van der Waals surface area contributed by atoms with Gasteiger partial charge in [-0.1, -0.05) is 41.9 Å². The molecule has 0 aliphatic carbocycles. The van der Waals surface area contributed by atoms with E-state index in [0.717, 1.165) is 0 Å². The van der Waals surface area contributed by atoms with Crippen molar-refractivity contribution in [3.8, 4) is 5.75 Å². The van der Waals surface area contributed by atoms with Crippen molar-refractivity contribution < 1.29 is 19.1 Å². The molecule has 0 fully saturated rings. The first-order valence-corrected chi connectivity index (χ1v) is 7.76. The molecule has 6 heteroatoms. The summed E-state index contributed by atoms with van der Waals surface area (Å²) in [5.74, 6) is -0.432. The first-order valence-electron chi connectivity index (χ1n) is 7.38. The van der Waals surface area contributed by atoms with Crippen molar-refractivity contribution >= 4 is 29.2 Å². The molecule has 5 nitrogen and oxygen atoms in total. The van der Waals surface area contributed by atoms with Crippen molar-refractivity contribution in [2.24, 2.45) is 0 Å². The standard InChI is InChI=1S/C18H18ClNO4/c1-12(18(22)20-15-9-5-6-10-16(15)23-2)24-17(21)11-13-7-3-4-8-14(13)19/h3-10,12H,11H2,1-2H3,(H,20,22)/t12-/m1/s1. The number of para-hydroxylation sites is 2. The molecule has 0 aliphatic heterocycles. The topological polar surface area (TPSA) is 64.6 Å². The molecule has 0 saturated heterocycles. The zero-order valence-corrected chi connectivity index (χ0v) is 14.2. The van der Waals surface area contributed by atoms with Crippen LogP contribution >= 0.6 is 11.6 Å². The number of carbonyl (C=O) groups excluding carboxylic acids is 2. The van der Waals surface area contributed by atoms with Crippen molar-refractivity contribution in [3.05, 3.63) is 59.1 Å². The van der Waals surface area contributed by atoms with Crippen molar-refractivity contribution in [2.45, 2.75) is 19.4 Å². The monoisotopic (exact) mass is 347 g/mol. The Kier molecular flexibility index (Phi) is 6.21. The molecule has 2 rings (SSSR count). The Morgan fingerprint density at radius 2 is 1.79 bits per heavy atom. The Morgan fingerprint density at radius 1 is 1.12 bits per heavy atom. The third-order valence-corrected chi connectivity index (χ3v) is 3.70. The number of hydrogen-bond donors (Lipinski definition) is 1. The molecule has 0 unspecified atom stereocenters. The maximum absolute atomic E-state index is 12.2. The molecule has 126 valence electrons. The van der Waals surface area contributed by atoms with Gasteiger partial charge >= 0.3 is 5.97 Å². The number of amides is 1. The highest BCUT2D eigenvalue weighted by Gasteiger charge is 2.19. The molecule has 0 aromatic heterocycles. The summed E-state index contributed by atoms with van der Waals surface area (Å²) in [7, 11) is 1.51. The zero-order chi connectivity index (χ0) is 17.5. The molecule has 2 aromatic rings. The van der Waals surface area contributed by atoms with E-state index in [1.54, 1.807) is 48.5 Å². The number of benzene rings is 2. The van der Waals surface area contributed by atoms with Crippen LogP contribution in [0.1, 0.15) is 12.5 Å². The Morgan fingerprint density at radius 3 is 2.50 bits per heavy atom. The quantitative estimate of drug-likeness (QED) is 0.813. The Hall–Kier alpha value is -2.53. The molecule has 2 aromatic carbocycles. The number of halogens is 1. The molecule has 1 atom stereocenters. The molecule has 0 aliphatic rings. The van der Waals surface area contributed by atoms with Gasteiger partial charge < -0.3 is 14.8 Å². The van der Waals surface area contributed by atoms with Crippen molar-refractivity contribution in [1.29, 1.82) is 0 Å². The van der Waals surface area contributed by atoms with Crippen LogP contribution in [0.2, 0.25) is 5.02 Å². The number of hydrogen-bond acceptors (Lipinski definition) is 4. The van der Waals surface area contributed by atoms with E-state index in [-0.39, 0.29) is 6.42 Å². The summed E-state index contributed by atoms with van der Waals surface area (Å²) < 4.78 is 10.3. The lowest BCUT2D eigenvalue weighted by Gasteiger charge is -2.15. The fraction of sp³-hybridized carbons (Fsp3) is 0.222. The predicted octanol–water partition coefficient (Wildman–Crippen LogP) is 3.46. The molecular formula is C18H18ClNO4. The molecule has 1 amide bonds. The zero-order valence-electron chi connectivity index (χ0n) is 13.4. The van der Waals surface area contributed by atoms with Gasteiger partial charge in [0.15, 0.2) is 6.10 Å². The summed E-state index contributed by atoms with van der Waals surface area (Å²) in [6, 6.07) is 14.0. The van der Waals surface area contributed by atoms with E-state index in [4.69, 9.17) is 21.1 Å². The second-order valence-corrected chi connectivity index (χ2v) is 5.50. The van der Waals surface area contributed by atoms with Crippen LogP contribution in [-0.2, 0) is 20.7 Å². The lowest BCUT2D eigenvalue weighted by molar-refractivity contribution is -0.152. The van der Waals surface area contributed by atoms with E-state index < -0.39 is 18.0 Å². The van der Waals surface area contributed by atoms with Gasteiger partial charge in [0.05, 0.1) is 19.2 Å². The van der Waals surface area contributed by atoms with Crippen LogP contribution in [-0.4, -0.2) is 25.1 Å². The molecule has 1 N–H and O–H groups in total. The number of rotatable bonds is 6. The maximum atomic E-state index is 12.2. The molecule has 0 spiro atoms. The van der Waals surface area contributed by atoms with Crippen LogP contribution in [0.15, 0.2) is 48.5 Å². The number of anilines is 1. The lowest BCUT2D eigenvalue weighted by Crippen LogP contribution is -2.30. The largest absolute Gasteiger partial charge is 0.495 e. The fourth-order valence-electron chi connectivity index (χ4n) is 2.07. The van der Waals surface area contributed by atoms with Gasteiger partial charge in [-0.15, -0.1) is 0 Å². The fourth-order valence-corrected chi connectivity index (χ4v) is 2.27. The SMILES string of the molecule is COc1ccccc1NC(=O)[C@@H](C)OC(=O)Cc1ccccc1Cl. The van der Waals surface area contributed by atoms with Crippen LogP contribution in [0.5, 0.6) is 5.75 Å². The summed E-state index contributed by atoms with van der Waals surface area (Å²) in [6.45, 7) is 1.51. The minimum Gasteiger partial charge on any atom is -0.495 e. The van der Waals surface area contributed by atoms with Gasteiger partial charge in [-0.05, 0) is 30.7 Å². The Labute approximate surface area is 145 Å². The molecular weight excluding hydrogens is 330 g/mol. The highest BCUT2D eigenvalue weighted by molar-refractivity contribution is 6.31. The highest BCUT2D eigenvalue weighted by Crippen LogP contribution is 2.23. The van der Waals surface area contributed by atoms with Gasteiger partial charge in [0.1, 0.15) is 5.75 Å². The minimum atomic E-state index is -0.940. The van der Waals surface area contributed by atoms with E-state index in [0.29, 0.717) is 22.0 Å². The molecule has 24 heavy (non-hydrogen) atoms. The normalized spacial score (nSPS) is 11.5. The Bertz CT molecular complexity index is 732. The summed E-state index contributed by atoms with van der Waals surface area (Å²) in [6.07, 6.45) is -0.934. The molecule has 0 saturated carbocycles. The smallest absolute Gasteiger partial charge is 0.311 e. The van der Waals surface area contributed by atoms with E-state index >= 15 is 0 Å². The maximum Gasteiger partial charge on any atom is 0.311 e. The van der Waals surface area contributed by atoms with E-state index in [1.165, 1.54) is 14.0 Å². The van der Waals surface area contributed by atoms with E-state index in [1.807, 2.05) is 0 Å². The van der Waals surface area contributed by atoms with Gasteiger partial charge in [0.25, 0.3) is 5.91 Å². The van der Waals surface area contributed by atoms with Gasteiger partial charge in [-0.3, -0.25) is 9.59 Å². The van der Waals surface area contributed by atoms with Crippen molar-refractivity contribution in [2.75, 3.05) is 12.4 Å². The molecule has 0 heterocycles. The summed E-state index contributed by atoms with van der Waals surface area (Å²) in [5.41, 5.74) is 1.17. The second kappa shape index (κ2) is 8.36. The number of nitrogens with one attached hydrogen (secondary N) is 1. The van der Waals surface area contributed by atoms with Gasteiger partial charge in [0, 0.05) is 5.02 Å². The van der Waals surface area contributed by atoms with Crippen LogP contribution in [0.3, 0.4) is 0 Å². The van der Waals surface area contributed by atoms with Gasteiger partial charge in [-0.2, -0.15) is 0 Å². The Balaban J connectivity index is 1.94. The predicted molar refractivity (Wildman–Crippen MR) is 92.3 cm³/mol. The summed E-state index contributed by atoms with van der Waals surface area (Å²) in [5, 5.41) is 3.16. The highest BCUT2D eigenvalue weighted by atomic mass is 35.5. The van der Waals surface area contributed by atoms with Crippen molar-refractivity contribution in [1.82, 2.24) is 0 Å². The third kappa shape index (κ3) is 4.73. The van der Waals surface area contributed by atoms with E-state index in [9.17, 15) is 9.59 Å². The average molecular weight is 348 g/mol. The lowest BCUT2D eigenvalue weighted by atomic mass is 10.1. The molecule has 0 radical (unpaired) electrons. The third-order valence-electron chi connectivity index (χ3n) is 3.33. The number of methoxy groups -OCH3 is 1. The van der Waals surface area contributed by atoms with E-state index in [2.05, 4.69) is 5.32 Å². The first-order chi connectivity index (χ1) is 11.5. The van der Waals surface area contributed by atoms with Crippen LogP contribution in [0, 0.1) is 0 Å². The minimum absolute atomic E-state index is 0.00590. The summed E-state index contributed by atoms with van der Waals surface area (Å²) in [4.78, 5) is 24.1. The second-order valence-electron chi connectivity index (χ2n) is 5.09. The van der Waals surface area contributed by atoms with Crippen LogP contribution in [0.4, 0.5) is 5.69 Å². The van der Waals surface area contributed by atoms with Crippen LogP contribution in [0.25, 0.3) is 0 Å². The first kappa shape index (κ1) is 17.8. The van der Waals surface area contributed by atoms with Gasteiger partial charge in [-0.25, -0.2) is 0 Å². The summed E-state index contributed by atoms with van der Waals surface area (Å²) >= 11 is 6.01. The molecule has 0 bridgehead atoms. The van der Waals surface area contributed by atoms with Crippen molar-refractivity contribution in [3.63, 3.8) is 0 Å². The average Bonchev–Trinajstić information content (AvgIpc) is 2.57. The number of esters is 1. The number of carbonyl (C=O) groups is 2. The van der Waals surface area contributed by atoms with Crippen LogP contribution < -0.4 is 10.1 Å². The van der Waals surface area contributed by atoms with Gasteiger partial charge in [0.2, 0.25) is 0 Å².